The van der Waals surface area contributed by atoms with Crippen molar-refractivity contribution in [1.29, 1.82) is 0 Å². The summed E-state index contributed by atoms with van der Waals surface area (Å²) in [5.74, 6) is 0.572. The molecule has 0 spiro atoms. The fraction of sp³-hybridized carbons (Fsp3) is 0.345. The lowest BCUT2D eigenvalue weighted by atomic mass is 9.97. The van der Waals surface area contributed by atoms with Crippen LogP contribution in [-0.4, -0.2) is 45.7 Å². The molecule has 0 bridgehead atoms. The van der Waals surface area contributed by atoms with Crippen molar-refractivity contribution in [2.75, 3.05) is 24.5 Å². The summed E-state index contributed by atoms with van der Waals surface area (Å²) in [7, 11) is 0. The second kappa shape index (κ2) is 13.7. The molecule has 2 aliphatic heterocycles. The molecule has 0 saturated carbocycles. The first-order chi connectivity index (χ1) is 19.8. The number of alkyl halides is 3. The van der Waals surface area contributed by atoms with Gasteiger partial charge in [-0.1, -0.05) is 38.1 Å². The molecule has 1 aromatic carbocycles. The van der Waals surface area contributed by atoms with Crippen LogP contribution in [0.3, 0.4) is 0 Å². The third kappa shape index (κ3) is 7.92. The number of nitrogens with zero attached hydrogens (tertiary/aromatic N) is 4. The minimum absolute atomic E-state index is 0.0699. The Labute approximate surface area is 240 Å². The van der Waals surface area contributed by atoms with Crippen LogP contribution in [0, 0.1) is 5.92 Å². The smallest absolute Gasteiger partial charge is 0.341 e. The summed E-state index contributed by atoms with van der Waals surface area (Å²) >= 11 is 0.848. The Balaban J connectivity index is 0.00000189. The molecule has 41 heavy (non-hydrogen) atoms. The molecule has 2 aliphatic rings. The molecule has 8 nitrogen and oxygen atoms in total. The van der Waals surface area contributed by atoms with Crippen molar-refractivity contribution in [3.05, 3.63) is 76.6 Å². The summed E-state index contributed by atoms with van der Waals surface area (Å²) in [4.78, 5) is 38.9. The maximum atomic E-state index is 13.4. The average Bonchev–Trinajstić information content (AvgIpc) is 3.30. The maximum Gasteiger partial charge on any atom is 0.417 e. The molecule has 12 heteroatoms. The second-order valence-electron chi connectivity index (χ2n) is 9.25. The van der Waals surface area contributed by atoms with Gasteiger partial charge in [-0.05, 0) is 67.4 Å². The Bertz CT molecular complexity index is 1410. The number of aromatic nitrogens is 3. The van der Waals surface area contributed by atoms with E-state index in [2.05, 4.69) is 30.5 Å². The molecule has 3 aromatic rings. The van der Waals surface area contributed by atoms with Gasteiger partial charge in [-0.15, -0.1) is 0 Å². The van der Waals surface area contributed by atoms with Crippen LogP contribution in [0.5, 0.6) is 0 Å². The molecule has 216 valence electrons. The highest BCUT2D eigenvalue weighted by Crippen LogP contribution is 2.36. The molecule has 0 unspecified atom stereocenters. The SMILES string of the molecule is CC.O=C1NC(=O)/C(=C/c2ccnc(N3CCC(CNCc4cccc(-c5ccccc5C(F)(F)F)n4)CC3)n2)S1. The van der Waals surface area contributed by atoms with Crippen molar-refractivity contribution < 1.29 is 22.8 Å². The number of thioether (sulfide) groups is 1. The lowest BCUT2D eigenvalue weighted by Gasteiger charge is -2.32. The van der Waals surface area contributed by atoms with Gasteiger partial charge in [0, 0.05) is 31.4 Å². The standard InChI is InChI=1S/C27H25F3N6O2S.C2H6/c28-27(29,30)21-6-2-1-5-20(21)22-7-3-4-19(33-22)16-31-15-17-9-12-36(13-10-17)25-32-11-8-18(34-25)14-23-24(37)35-26(38)39-23;1-2/h1-8,11,14,17,31H,9-10,12-13,15-16H2,(H,35,37,38);1-2H3/b23-14-;. The fourth-order valence-corrected chi connectivity index (χ4v) is 5.24. The normalized spacial score (nSPS) is 16.9. The van der Waals surface area contributed by atoms with E-state index in [0.717, 1.165) is 50.3 Å². The number of carbonyl (C=O) groups is 2. The quantitative estimate of drug-likeness (QED) is 0.331. The zero-order valence-electron chi connectivity index (χ0n) is 22.7. The highest BCUT2D eigenvalue weighted by atomic mass is 32.2. The van der Waals surface area contributed by atoms with E-state index in [1.54, 1.807) is 42.6 Å². The summed E-state index contributed by atoms with van der Waals surface area (Å²) in [5.41, 5.74) is 0.909. The first kappa shape index (κ1) is 30.2. The van der Waals surface area contributed by atoms with Gasteiger partial charge in [0.2, 0.25) is 5.95 Å². The first-order valence-electron chi connectivity index (χ1n) is 13.4. The number of hydrogen-bond donors (Lipinski definition) is 2. The van der Waals surface area contributed by atoms with E-state index in [9.17, 15) is 22.8 Å². The van der Waals surface area contributed by atoms with Crippen LogP contribution in [0.2, 0.25) is 0 Å². The molecule has 2 saturated heterocycles. The minimum Gasteiger partial charge on any atom is -0.341 e. The van der Waals surface area contributed by atoms with Gasteiger partial charge in [0.05, 0.1) is 27.6 Å². The van der Waals surface area contributed by atoms with Crippen LogP contribution in [0.15, 0.2) is 59.6 Å². The fourth-order valence-electron chi connectivity index (χ4n) is 4.57. The summed E-state index contributed by atoms with van der Waals surface area (Å²) in [6, 6.07) is 12.3. The van der Waals surface area contributed by atoms with E-state index in [1.807, 2.05) is 13.8 Å². The van der Waals surface area contributed by atoms with E-state index < -0.39 is 22.9 Å². The zero-order chi connectivity index (χ0) is 29.4. The monoisotopic (exact) mass is 584 g/mol. The van der Waals surface area contributed by atoms with Crippen LogP contribution >= 0.6 is 11.8 Å². The molecule has 0 radical (unpaired) electrons. The number of benzene rings is 1. The molecule has 2 aromatic heterocycles. The number of piperidine rings is 1. The largest absolute Gasteiger partial charge is 0.417 e. The second-order valence-corrected chi connectivity index (χ2v) is 10.3. The van der Waals surface area contributed by atoms with Gasteiger partial charge in [0.25, 0.3) is 11.1 Å². The highest BCUT2D eigenvalue weighted by molar-refractivity contribution is 8.18. The number of amides is 2. The van der Waals surface area contributed by atoms with Crippen molar-refractivity contribution in [3.8, 4) is 11.3 Å². The van der Waals surface area contributed by atoms with E-state index in [4.69, 9.17) is 0 Å². The first-order valence-corrected chi connectivity index (χ1v) is 14.2. The Morgan fingerprint density at radius 2 is 1.80 bits per heavy atom. The van der Waals surface area contributed by atoms with Crippen molar-refractivity contribution in [1.82, 2.24) is 25.6 Å². The van der Waals surface area contributed by atoms with E-state index in [0.29, 0.717) is 40.4 Å². The minimum atomic E-state index is -4.45. The molecular weight excluding hydrogens is 553 g/mol. The summed E-state index contributed by atoms with van der Waals surface area (Å²) in [5, 5.41) is 5.23. The van der Waals surface area contributed by atoms with Gasteiger partial charge < -0.3 is 10.2 Å². The molecule has 2 amide bonds. The van der Waals surface area contributed by atoms with Crippen molar-refractivity contribution in [3.63, 3.8) is 0 Å². The highest BCUT2D eigenvalue weighted by Gasteiger charge is 2.33. The van der Waals surface area contributed by atoms with Gasteiger partial charge in [-0.3, -0.25) is 19.9 Å². The number of hydrogen-bond acceptors (Lipinski definition) is 8. The van der Waals surface area contributed by atoms with Crippen LogP contribution in [0.1, 0.15) is 43.6 Å². The Morgan fingerprint density at radius 3 is 2.51 bits per heavy atom. The predicted molar refractivity (Wildman–Crippen MR) is 154 cm³/mol. The molecule has 2 fully saturated rings. The topological polar surface area (TPSA) is 100 Å². The van der Waals surface area contributed by atoms with Crippen LogP contribution < -0.4 is 15.5 Å². The Kier molecular flexibility index (Phi) is 10.1. The maximum absolute atomic E-state index is 13.4. The van der Waals surface area contributed by atoms with Crippen LogP contribution in [0.4, 0.5) is 23.9 Å². The van der Waals surface area contributed by atoms with Crippen molar-refractivity contribution in [2.45, 2.75) is 39.4 Å². The number of anilines is 1. The zero-order valence-corrected chi connectivity index (χ0v) is 23.6. The van der Waals surface area contributed by atoms with Gasteiger partial charge in [-0.2, -0.15) is 13.2 Å². The van der Waals surface area contributed by atoms with E-state index in [1.165, 1.54) is 12.1 Å². The number of halogens is 3. The summed E-state index contributed by atoms with van der Waals surface area (Å²) in [6.07, 6.45) is 0.603. The van der Waals surface area contributed by atoms with Gasteiger partial charge in [0.1, 0.15) is 0 Å². The molecule has 4 heterocycles. The third-order valence-corrected chi connectivity index (χ3v) is 7.35. The number of pyridine rings is 1. The average molecular weight is 585 g/mol. The van der Waals surface area contributed by atoms with Crippen LogP contribution in [-0.2, 0) is 17.5 Å². The van der Waals surface area contributed by atoms with Gasteiger partial charge >= 0.3 is 6.18 Å². The molecule has 0 aliphatic carbocycles. The summed E-state index contributed by atoms with van der Waals surface area (Å²) in [6.45, 7) is 6.74. The number of rotatable bonds is 7. The molecular formula is C29H31F3N6O2S. The third-order valence-electron chi connectivity index (χ3n) is 6.54. The van der Waals surface area contributed by atoms with Gasteiger partial charge in [-0.25, -0.2) is 9.97 Å². The molecule has 2 N–H and O–H groups in total. The lowest BCUT2D eigenvalue weighted by molar-refractivity contribution is -0.137. The lowest BCUT2D eigenvalue weighted by Crippen LogP contribution is -2.38. The van der Waals surface area contributed by atoms with Crippen LogP contribution in [0.25, 0.3) is 17.3 Å². The van der Waals surface area contributed by atoms with Gasteiger partial charge in [0.15, 0.2) is 0 Å². The summed E-state index contributed by atoms with van der Waals surface area (Å²) < 4.78 is 40.3. The van der Waals surface area contributed by atoms with Crippen molar-refractivity contribution in [2.24, 2.45) is 5.92 Å². The number of carbonyl (C=O) groups excluding carboxylic acids is 2. The van der Waals surface area contributed by atoms with E-state index in [-0.39, 0.29) is 5.56 Å². The Morgan fingerprint density at radius 1 is 1.05 bits per heavy atom. The predicted octanol–water partition coefficient (Wildman–Crippen LogP) is 5.91. The van der Waals surface area contributed by atoms with E-state index >= 15 is 0 Å². The van der Waals surface area contributed by atoms with Crippen molar-refractivity contribution >= 4 is 34.9 Å². The number of nitrogens with one attached hydrogen (secondary N) is 2. The molecule has 5 rings (SSSR count). The molecule has 0 atom stereocenters. The number of imide groups is 1. The Hall–Kier alpha value is -3.77.